The maximum atomic E-state index is 11.3. The van der Waals surface area contributed by atoms with Crippen LogP contribution in [0, 0.1) is 5.92 Å². The van der Waals surface area contributed by atoms with Crippen molar-refractivity contribution in [2.24, 2.45) is 10.9 Å². The summed E-state index contributed by atoms with van der Waals surface area (Å²) in [6, 6.07) is 0. The molecule has 1 fully saturated rings. The van der Waals surface area contributed by atoms with E-state index in [1.165, 1.54) is 6.92 Å². The molecule has 2 heterocycles. The molecule has 0 bridgehead atoms. The van der Waals surface area contributed by atoms with Gasteiger partial charge in [0.25, 0.3) is 0 Å². The summed E-state index contributed by atoms with van der Waals surface area (Å²) in [6.07, 6.45) is 0.247. The zero-order valence-electron chi connectivity index (χ0n) is 10.9. The normalized spacial score (nSPS) is 32.7. The molecule has 0 aromatic carbocycles. The second-order valence-electron chi connectivity index (χ2n) is 4.92. The minimum absolute atomic E-state index is 0.0567. The minimum Gasteiger partial charge on any atom is -0.481 e. The van der Waals surface area contributed by atoms with Crippen LogP contribution in [0.25, 0.3) is 0 Å². The molecule has 8 heteroatoms. The number of nitrogens with zero attached hydrogens (tertiary/aromatic N) is 1. The van der Waals surface area contributed by atoms with Gasteiger partial charge >= 0.3 is 11.9 Å². The van der Waals surface area contributed by atoms with Crippen LogP contribution in [0.5, 0.6) is 0 Å². The first-order chi connectivity index (χ1) is 9.41. The number of ether oxygens (including phenoxy) is 1. The number of thioether (sulfide) groups is 1. The number of aliphatic hydroxyl groups excluding tert-OH is 1. The van der Waals surface area contributed by atoms with Gasteiger partial charge in [0.15, 0.2) is 0 Å². The lowest BCUT2D eigenvalue weighted by Gasteiger charge is -2.22. The van der Waals surface area contributed by atoms with E-state index in [1.807, 2.05) is 0 Å². The van der Waals surface area contributed by atoms with E-state index in [1.54, 1.807) is 0 Å². The van der Waals surface area contributed by atoms with E-state index < -0.39 is 34.6 Å². The lowest BCUT2D eigenvalue weighted by atomic mass is 10.0. The van der Waals surface area contributed by atoms with Crippen LogP contribution in [-0.2, 0) is 14.3 Å². The van der Waals surface area contributed by atoms with Crippen LogP contribution in [0.1, 0.15) is 19.8 Å². The summed E-state index contributed by atoms with van der Waals surface area (Å²) in [6.45, 7) is 1.95. The third-order valence-corrected chi connectivity index (χ3v) is 4.95. The molecule has 0 saturated carbocycles. The Labute approximate surface area is 120 Å². The van der Waals surface area contributed by atoms with E-state index in [0.717, 1.165) is 24.6 Å². The van der Waals surface area contributed by atoms with Crippen LogP contribution in [0.4, 0.5) is 0 Å². The Hall–Kier alpha value is -1.12. The van der Waals surface area contributed by atoms with Crippen molar-refractivity contribution >= 4 is 29.4 Å². The molecule has 0 aromatic heterocycles. The van der Waals surface area contributed by atoms with Crippen LogP contribution < -0.4 is 0 Å². The second-order valence-corrected chi connectivity index (χ2v) is 6.19. The summed E-state index contributed by atoms with van der Waals surface area (Å²) in [7, 11) is 0. The van der Waals surface area contributed by atoms with Crippen LogP contribution in [-0.4, -0.2) is 62.4 Å². The van der Waals surface area contributed by atoms with Crippen molar-refractivity contribution in [3.05, 3.63) is 0 Å². The number of aliphatic hydroxyl groups is 1. The van der Waals surface area contributed by atoms with Gasteiger partial charge in [-0.1, -0.05) is 0 Å². The zero-order valence-corrected chi connectivity index (χ0v) is 11.7. The molecule has 0 aliphatic carbocycles. The highest BCUT2D eigenvalue weighted by atomic mass is 32.2. The largest absolute Gasteiger partial charge is 0.481 e. The lowest BCUT2D eigenvalue weighted by Crippen LogP contribution is -2.34. The molecular weight excluding hydrogens is 286 g/mol. The third kappa shape index (κ3) is 2.97. The highest BCUT2D eigenvalue weighted by Crippen LogP contribution is 2.39. The molecule has 0 unspecified atom stereocenters. The Kier molecular flexibility index (Phi) is 4.66. The molecule has 20 heavy (non-hydrogen) atoms. The molecule has 1 saturated heterocycles. The average molecular weight is 303 g/mol. The van der Waals surface area contributed by atoms with E-state index in [-0.39, 0.29) is 11.8 Å². The molecule has 0 amide bonds. The highest BCUT2D eigenvalue weighted by Gasteiger charge is 2.45. The fourth-order valence-corrected chi connectivity index (χ4v) is 4.14. The number of rotatable bonds is 5. The number of carboxylic acids is 2. The molecule has 0 aromatic rings. The van der Waals surface area contributed by atoms with Crippen molar-refractivity contribution in [1.82, 2.24) is 0 Å². The Morgan fingerprint density at radius 2 is 2.15 bits per heavy atom. The molecule has 112 valence electrons. The van der Waals surface area contributed by atoms with Gasteiger partial charge in [0.2, 0.25) is 0 Å². The Balaban J connectivity index is 2.21. The maximum Gasteiger partial charge on any atom is 0.351 e. The first-order valence-corrected chi connectivity index (χ1v) is 7.35. The first kappa shape index (κ1) is 15.3. The maximum absolute atomic E-state index is 11.3. The quantitative estimate of drug-likeness (QED) is 0.665. The molecule has 0 spiro atoms. The van der Waals surface area contributed by atoms with Crippen LogP contribution in [0.2, 0.25) is 0 Å². The summed E-state index contributed by atoms with van der Waals surface area (Å²) in [5.74, 6) is -3.46. The number of hydrogen-bond acceptors (Lipinski definition) is 6. The standard InChI is InChI=1S/C12H17NO6S/c1-5(14)7(11(15)16)10-13-8(12(17)18)9(20-10)6-3-2-4-19-6/h5-7,9-10,14H,2-4H2,1H3,(H,15,16)(H,17,18)/t5-,6-,7-,9+,10-/m1/s1. The molecule has 2 aliphatic heterocycles. The lowest BCUT2D eigenvalue weighted by molar-refractivity contribution is -0.145. The van der Waals surface area contributed by atoms with Gasteiger partial charge in [-0.2, -0.15) is 0 Å². The first-order valence-electron chi connectivity index (χ1n) is 6.40. The molecule has 3 N–H and O–H groups in total. The molecule has 2 rings (SSSR count). The minimum atomic E-state index is -1.18. The Bertz CT molecular complexity index is 432. The van der Waals surface area contributed by atoms with Crippen molar-refractivity contribution in [3.8, 4) is 0 Å². The third-order valence-electron chi connectivity index (χ3n) is 3.46. The monoisotopic (exact) mass is 303 g/mol. The van der Waals surface area contributed by atoms with Crippen LogP contribution in [0.3, 0.4) is 0 Å². The summed E-state index contributed by atoms with van der Waals surface area (Å²) >= 11 is 1.16. The average Bonchev–Trinajstić information content (AvgIpc) is 2.94. The van der Waals surface area contributed by atoms with Gasteiger partial charge < -0.3 is 20.1 Å². The number of aliphatic imine (C=N–C) groups is 1. The number of carbonyl (C=O) groups is 2. The van der Waals surface area contributed by atoms with E-state index in [9.17, 15) is 19.8 Å². The fourth-order valence-electron chi connectivity index (χ4n) is 2.47. The van der Waals surface area contributed by atoms with Gasteiger partial charge in [-0.15, -0.1) is 11.8 Å². The van der Waals surface area contributed by atoms with E-state index in [4.69, 9.17) is 9.84 Å². The molecular formula is C12H17NO6S. The fraction of sp³-hybridized carbons (Fsp3) is 0.750. The second kappa shape index (κ2) is 6.11. The smallest absolute Gasteiger partial charge is 0.351 e. The highest BCUT2D eigenvalue weighted by molar-refractivity contribution is 8.01. The van der Waals surface area contributed by atoms with Gasteiger partial charge in [0, 0.05) is 6.61 Å². The number of carboxylic acid groups (broad SMARTS) is 2. The van der Waals surface area contributed by atoms with E-state index in [0.29, 0.717) is 6.61 Å². The summed E-state index contributed by atoms with van der Waals surface area (Å²) in [5.41, 5.74) is -0.0567. The van der Waals surface area contributed by atoms with E-state index in [2.05, 4.69) is 4.99 Å². The van der Waals surface area contributed by atoms with E-state index >= 15 is 0 Å². The van der Waals surface area contributed by atoms with Gasteiger partial charge in [-0.3, -0.25) is 9.79 Å². The Morgan fingerprint density at radius 3 is 2.60 bits per heavy atom. The van der Waals surface area contributed by atoms with Gasteiger partial charge in [0.1, 0.15) is 17.0 Å². The predicted octanol–water partition coefficient (Wildman–Crippen LogP) is 0.214. The van der Waals surface area contributed by atoms with Crippen LogP contribution in [0.15, 0.2) is 4.99 Å². The molecule has 7 nitrogen and oxygen atoms in total. The molecule has 2 aliphatic rings. The summed E-state index contributed by atoms with van der Waals surface area (Å²) in [5, 5.41) is 26.7. The summed E-state index contributed by atoms with van der Waals surface area (Å²) < 4.78 is 5.49. The summed E-state index contributed by atoms with van der Waals surface area (Å²) in [4.78, 5) is 26.5. The van der Waals surface area contributed by atoms with Crippen molar-refractivity contribution in [3.63, 3.8) is 0 Å². The Morgan fingerprint density at radius 1 is 1.45 bits per heavy atom. The number of hydrogen-bond donors (Lipinski definition) is 3. The van der Waals surface area contributed by atoms with Crippen molar-refractivity contribution in [2.45, 2.75) is 42.6 Å². The van der Waals surface area contributed by atoms with Crippen molar-refractivity contribution < 1.29 is 29.6 Å². The van der Waals surface area contributed by atoms with Gasteiger partial charge in [-0.05, 0) is 19.8 Å². The van der Waals surface area contributed by atoms with Crippen molar-refractivity contribution in [2.75, 3.05) is 6.61 Å². The van der Waals surface area contributed by atoms with Crippen LogP contribution >= 0.6 is 11.8 Å². The predicted molar refractivity (Wildman–Crippen MR) is 72.0 cm³/mol. The van der Waals surface area contributed by atoms with Gasteiger partial charge in [0.05, 0.1) is 17.5 Å². The van der Waals surface area contributed by atoms with Gasteiger partial charge in [-0.25, -0.2) is 4.79 Å². The number of aliphatic carboxylic acids is 2. The zero-order chi connectivity index (χ0) is 14.9. The molecule has 0 radical (unpaired) electrons. The molecule has 5 atom stereocenters. The van der Waals surface area contributed by atoms with Crippen molar-refractivity contribution in [1.29, 1.82) is 0 Å². The topological polar surface area (TPSA) is 116 Å². The SMILES string of the molecule is C[C@@H](O)[C@@H](C(=O)O)[C@@H]1N=C(C(=O)O)[C@H]([C@H]2CCCO2)S1.